The zero-order valence-electron chi connectivity index (χ0n) is 9.32. The van der Waals surface area contributed by atoms with Crippen LogP contribution in [-0.2, 0) is 5.54 Å². The number of nitrogens with zero attached hydrogens (tertiary/aromatic N) is 1. The Morgan fingerprint density at radius 1 is 1.29 bits per heavy atom. The molecule has 2 aromatic rings. The van der Waals surface area contributed by atoms with E-state index in [1.807, 2.05) is 29.6 Å². The van der Waals surface area contributed by atoms with E-state index in [1.165, 1.54) is 6.42 Å². The Morgan fingerprint density at radius 3 is 2.71 bits per heavy atom. The van der Waals surface area contributed by atoms with Crippen LogP contribution in [0.5, 0.6) is 0 Å². The van der Waals surface area contributed by atoms with Crippen LogP contribution in [0.2, 0.25) is 5.02 Å². The summed E-state index contributed by atoms with van der Waals surface area (Å²) in [7, 11) is 0. The van der Waals surface area contributed by atoms with Crippen molar-refractivity contribution in [3.05, 3.63) is 39.7 Å². The largest absolute Gasteiger partial charge is 0.319 e. The van der Waals surface area contributed by atoms with Gasteiger partial charge in [-0.05, 0) is 25.3 Å². The van der Waals surface area contributed by atoms with Crippen LogP contribution in [0, 0.1) is 0 Å². The Labute approximate surface area is 109 Å². The van der Waals surface area contributed by atoms with Gasteiger partial charge in [0.15, 0.2) is 0 Å². The van der Waals surface area contributed by atoms with Crippen LogP contribution in [0.15, 0.2) is 29.6 Å². The molecule has 1 fully saturated rings. The van der Waals surface area contributed by atoms with Crippen LogP contribution in [-0.4, -0.2) is 4.98 Å². The van der Waals surface area contributed by atoms with Crippen molar-refractivity contribution in [2.75, 3.05) is 0 Å². The summed E-state index contributed by atoms with van der Waals surface area (Å²) in [5.41, 5.74) is 8.02. The number of thiazole rings is 1. The Kier molecular flexibility index (Phi) is 2.69. The third kappa shape index (κ3) is 1.88. The van der Waals surface area contributed by atoms with Gasteiger partial charge in [-0.25, -0.2) is 4.98 Å². The van der Waals surface area contributed by atoms with Gasteiger partial charge < -0.3 is 5.73 Å². The van der Waals surface area contributed by atoms with E-state index in [9.17, 15) is 0 Å². The summed E-state index contributed by atoms with van der Waals surface area (Å²) >= 11 is 7.80. The molecule has 1 saturated carbocycles. The molecule has 0 radical (unpaired) electrons. The zero-order chi connectivity index (χ0) is 11.9. The molecule has 1 aromatic carbocycles. The van der Waals surface area contributed by atoms with Crippen LogP contribution in [0.4, 0.5) is 0 Å². The molecule has 0 atom stereocenters. The first kappa shape index (κ1) is 11.2. The molecule has 1 aliphatic rings. The summed E-state index contributed by atoms with van der Waals surface area (Å²) in [6.45, 7) is 0. The molecule has 1 heterocycles. The SMILES string of the molecule is NC1(c2nc(-c3ccccc3Cl)cs2)CCC1. The molecule has 1 aliphatic carbocycles. The highest BCUT2D eigenvalue weighted by Gasteiger charge is 2.37. The van der Waals surface area contributed by atoms with Gasteiger partial charge in [0.25, 0.3) is 0 Å². The smallest absolute Gasteiger partial charge is 0.113 e. The van der Waals surface area contributed by atoms with Gasteiger partial charge in [-0.2, -0.15) is 0 Å². The van der Waals surface area contributed by atoms with Gasteiger partial charge in [0.05, 0.1) is 11.2 Å². The van der Waals surface area contributed by atoms with Crippen molar-refractivity contribution in [3.8, 4) is 11.3 Å². The second-order valence-corrected chi connectivity index (χ2v) is 5.79. The van der Waals surface area contributed by atoms with Crippen molar-refractivity contribution in [2.24, 2.45) is 5.73 Å². The van der Waals surface area contributed by atoms with E-state index in [0.29, 0.717) is 0 Å². The van der Waals surface area contributed by atoms with Crippen molar-refractivity contribution in [2.45, 2.75) is 24.8 Å². The predicted octanol–water partition coefficient (Wildman–Crippen LogP) is 3.80. The third-order valence-electron chi connectivity index (χ3n) is 3.33. The number of nitrogens with two attached hydrogens (primary N) is 1. The first-order valence-electron chi connectivity index (χ1n) is 5.69. The van der Waals surface area contributed by atoms with E-state index in [1.54, 1.807) is 11.3 Å². The first-order chi connectivity index (χ1) is 8.19. The topological polar surface area (TPSA) is 38.9 Å². The second kappa shape index (κ2) is 4.09. The van der Waals surface area contributed by atoms with E-state index in [2.05, 4.69) is 4.98 Å². The summed E-state index contributed by atoms with van der Waals surface area (Å²) in [4.78, 5) is 4.64. The highest BCUT2D eigenvalue weighted by Crippen LogP contribution is 2.41. The first-order valence-corrected chi connectivity index (χ1v) is 6.95. The summed E-state index contributed by atoms with van der Waals surface area (Å²) in [6.07, 6.45) is 3.29. The minimum Gasteiger partial charge on any atom is -0.319 e. The third-order valence-corrected chi connectivity index (χ3v) is 4.72. The number of hydrogen-bond donors (Lipinski definition) is 1. The van der Waals surface area contributed by atoms with Gasteiger partial charge in [0.2, 0.25) is 0 Å². The second-order valence-electron chi connectivity index (χ2n) is 4.53. The van der Waals surface area contributed by atoms with Crippen LogP contribution in [0.3, 0.4) is 0 Å². The van der Waals surface area contributed by atoms with Crippen molar-refractivity contribution < 1.29 is 0 Å². The van der Waals surface area contributed by atoms with Gasteiger partial charge in [-0.15, -0.1) is 11.3 Å². The molecule has 0 aliphatic heterocycles. The fourth-order valence-corrected chi connectivity index (χ4v) is 3.29. The Balaban J connectivity index is 1.98. The maximum Gasteiger partial charge on any atom is 0.113 e. The molecule has 17 heavy (non-hydrogen) atoms. The molecule has 1 aromatic heterocycles. The number of rotatable bonds is 2. The summed E-state index contributed by atoms with van der Waals surface area (Å²) < 4.78 is 0. The van der Waals surface area contributed by atoms with Crippen LogP contribution >= 0.6 is 22.9 Å². The van der Waals surface area contributed by atoms with E-state index >= 15 is 0 Å². The minimum absolute atomic E-state index is 0.176. The van der Waals surface area contributed by atoms with Crippen molar-refractivity contribution in [3.63, 3.8) is 0 Å². The summed E-state index contributed by atoms with van der Waals surface area (Å²) in [5.74, 6) is 0. The van der Waals surface area contributed by atoms with Gasteiger partial charge in [0, 0.05) is 16.0 Å². The molecule has 0 bridgehead atoms. The van der Waals surface area contributed by atoms with Gasteiger partial charge in [-0.1, -0.05) is 29.8 Å². The standard InChI is InChI=1S/C13H13ClN2S/c14-10-5-2-1-4-9(10)11-8-17-12(16-11)13(15)6-3-7-13/h1-2,4-5,8H,3,6-7,15H2. The lowest BCUT2D eigenvalue weighted by atomic mass is 9.78. The molecule has 0 amide bonds. The predicted molar refractivity (Wildman–Crippen MR) is 72.3 cm³/mol. The van der Waals surface area contributed by atoms with E-state index in [-0.39, 0.29) is 5.54 Å². The molecule has 3 rings (SSSR count). The average molecular weight is 265 g/mol. The Hall–Kier alpha value is -0.900. The average Bonchev–Trinajstić information content (AvgIpc) is 2.76. The van der Waals surface area contributed by atoms with Gasteiger partial charge in [0.1, 0.15) is 5.01 Å². The fraction of sp³-hybridized carbons (Fsp3) is 0.308. The van der Waals surface area contributed by atoms with E-state index in [4.69, 9.17) is 17.3 Å². The van der Waals surface area contributed by atoms with Crippen LogP contribution < -0.4 is 5.73 Å². The minimum atomic E-state index is -0.176. The lowest BCUT2D eigenvalue weighted by Crippen LogP contribution is -2.43. The van der Waals surface area contributed by atoms with Crippen molar-refractivity contribution in [1.82, 2.24) is 4.98 Å². The van der Waals surface area contributed by atoms with E-state index < -0.39 is 0 Å². The maximum atomic E-state index is 6.27. The maximum absolute atomic E-state index is 6.27. The number of benzene rings is 1. The van der Waals surface area contributed by atoms with Crippen LogP contribution in [0.1, 0.15) is 24.3 Å². The highest BCUT2D eigenvalue weighted by molar-refractivity contribution is 7.10. The molecule has 2 nitrogen and oxygen atoms in total. The van der Waals surface area contributed by atoms with E-state index in [0.717, 1.165) is 34.1 Å². The van der Waals surface area contributed by atoms with Gasteiger partial charge in [-0.3, -0.25) is 0 Å². The number of aromatic nitrogens is 1. The Morgan fingerprint density at radius 2 is 2.06 bits per heavy atom. The van der Waals surface area contributed by atoms with Gasteiger partial charge >= 0.3 is 0 Å². The van der Waals surface area contributed by atoms with Crippen molar-refractivity contribution >= 4 is 22.9 Å². The zero-order valence-corrected chi connectivity index (χ0v) is 10.9. The summed E-state index contributed by atoms with van der Waals surface area (Å²) in [6, 6.07) is 7.78. The fourth-order valence-electron chi connectivity index (χ4n) is 2.07. The monoisotopic (exact) mass is 264 g/mol. The normalized spacial score (nSPS) is 17.8. The molecule has 2 N–H and O–H groups in total. The van der Waals surface area contributed by atoms with Crippen LogP contribution in [0.25, 0.3) is 11.3 Å². The molecule has 4 heteroatoms. The molecular formula is C13H13ClN2S. The van der Waals surface area contributed by atoms with Crippen molar-refractivity contribution in [1.29, 1.82) is 0 Å². The summed E-state index contributed by atoms with van der Waals surface area (Å²) in [5, 5.41) is 3.83. The lowest BCUT2D eigenvalue weighted by Gasteiger charge is -2.35. The lowest BCUT2D eigenvalue weighted by molar-refractivity contribution is 0.253. The molecule has 0 unspecified atom stereocenters. The molecular weight excluding hydrogens is 252 g/mol. The molecule has 88 valence electrons. The number of hydrogen-bond acceptors (Lipinski definition) is 3. The quantitative estimate of drug-likeness (QED) is 0.896. The molecule has 0 spiro atoms. The highest BCUT2D eigenvalue weighted by atomic mass is 35.5. The number of halogens is 1. The Bertz CT molecular complexity index is 546. The molecule has 0 saturated heterocycles.